The van der Waals surface area contributed by atoms with E-state index in [4.69, 9.17) is 28.1 Å². The zero-order valence-electron chi connectivity index (χ0n) is 22.0. The van der Waals surface area contributed by atoms with Gasteiger partial charge in [-0.2, -0.15) is 0 Å². The summed E-state index contributed by atoms with van der Waals surface area (Å²) in [6.07, 6.45) is -0.898. The molecule has 7 nitrogen and oxygen atoms in total. The van der Waals surface area contributed by atoms with Gasteiger partial charge in [0.15, 0.2) is 14.1 Å². The molecule has 1 heterocycles. The molecule has 1 fully saturated rings. The summed E-state index contributed by atoms with van der Waals surface area (Å²) in [6.45, 7) is 16.5. The lowest BCUT2D eigenvalue weighted by Crippen LogP contribution is -2.44. The summed E-state index contributed by atoms with van der Waals surface area (Å²) in [6, 6.07) is 7.51. The Labute approximate surface area is 203 Å². The molecule has 0 spiro atoms. The van der Waals surface area contributed by atoms with Crippen molar-refractivity contribution in [1.82, 2.24) is 0 Å². The predicted molar refractivity (Wildman–Crippen MR) is 134 cm³/mol. The predicted octanol–water partition coefficient (Wildman–Crippen LogP) is 6.00. The van der Waals surface area contributed by atoms with Crippen LogP contribution in [0.3, 0.4) is 0 Å². The Morgan fingerprint density at radius 3 is 2.21 bits per heavy atom. The minimum absolute atomic E-state index is 0.0421. The number of hydrogen-bond donors (Lipinski definition) is 0. The van der Waals surface area contributed by atoms with Crippen LogP contribution in [0.25, 0.3) is 10.8 Å². The molecule has 1 saturated heterocycles. The molecule has 0 unspecified atom stereocenters. The van der Waals surface area contributed by atoms with E-state index in [0.717, 1.165) is 5.39 Å². The van der Waals surface area contributed by atoms with Crippen molar-refractivity contribution in [3.8, 4) is 17.2 Å². The van der Waals surface area contributed by atoms with Crippen molar-refractivity contribution in [3.63, 3.8) is 0 Å². The van der Waals surface area contributed by atoms with Gasteiger partial charge in [0.1, 0.15) is 29.5 Å². The number of carbonyl (C=O) groups excluding carboxylic acids is 1. The summed E-state index contributed by atoms with van der Waals surface area (Å²) >= 11 is 0. The molecule has 0 aliphatic carbocycles. The molecule has 0 bridgehead atoms. The van der Waals surface area contributed by atoms with Crippen molar-refractivity contribution in [2.75, 3.05) is 20.8 Å². The molecule has 34 heavy (non-hydrogen) atoms. The van der Waals surface area contributed by atoms with Crippen molar-refractivity contribution < 1.29 is 32.9 Å². The van der Waals surface area contributed by atoms with E-state index >= 15 is 0 Å². The van der Waals surface area contributed by atoms with Crippen LogP contribution < -0.4 is 14.2 Å². The Balaban J connectivity index is 2.29. The first-order chi connectivity index (χ1) is 15.7. The number of fused-ring (bicyclic) bond motifs is 1. The average molecular weight is 491 g/mol. The molecule has 8 heteroatoms. The molecule has 188 valence electrons. The molecule has 1 aliphatic rings. The summed E-state index contributed by atoms with van der Waals surface area (Å²) in [5, 5.41) is 1.38. The number of methoxy groups -OCH3 is 2. The average Bonchev–Trinajstić information content (AvgIpc) is 3.09. The van der Waals surface area contributed by atoms with Crippen molar-refractivity contribution in [1.29, 1.82) is 0 Å². The van der Waals surface area contributed by atoms with E-state index in [0.29, 0.717) is 34.8 Å². The first-order valence-corrected chi connectivity index (χ1v) is 14.5. The lowest BCUT2D eigenvalue weighted by molar-refractivity contribution is -0.150. The van der Waals surface area contributed by atoms with E-state index in [1.807, 2.05) is 32.0 Å². The van der Waals surface area contributed by atoms with Gasteiger partial charge in [0, 0.05) is 17.9 Å². The highest BCUT2D eigenvalue weighted by Gasteiger charge is 2.46. The molecule has 0 N–H and O–H groups in total. The zero-order valence-corrected chi connectivity index (χ0v) is 23.0. The maximum absolute atomic E-state index is 12.3. The molecular formula is C26H38O7Si. The lowest BCUT2D eigenvalue weighted by Gasteiger charge is -2.41. The van der Waals surface area contributed by atoms with E-state index in [1.54, 1.807) is 20.3 Å². The highest BCUT2D eigenvalue weighted by Crippen LogP contribution is 2.48. The van der Waals surface area contributed by atoms with Gasteiger partial charge in [0.25, 0.3) is 0 Å². The third-order valence-electron chi connectivity index (χ3n) is 6.67. The van der Waals surface area contributed by atoms with Crippen LogP contribution >= 0.6 is 0 Å². The Morgan fingerprint density at radius 1 is 1.09 bits per heavy atom. The Morgan fingerprint density at radius 2 is 1.71 bits per heavy atom. The van der Waals surface area contributed by atoms with E-state index < -0.39 is 26.2 Å². The summed E-state index contributed by atoms with van der Waals surface area (Å²) in [7, 11) is 0.929. The molecular weight excluding hydrogens is 452 g/mol. The first-order valence-electron chi connectivity index (χ1n) is 11.6. The molecule has 2 aromatic rings. The number of benzene rings is 2. The number of ether oxygens (including phenoxy) is 5. The molecule has 3 rings (SSSR count). The van der Waals surface area contributed by atoms with E-state index in [1.165, 1.54) is 6.92 Å². The smallest absolute Gasteiger partial charge is 0.308 e. The van der Waals surface area contributed by atoms with Crippen LogP contribution in [0.5, 0.6) is 17.2 Å². The summed E-state index contributed by atoms with van der Waals surface area (Å²) in [5.41, 5.74) is 0.713. The normalized spacial score (nSPS) is 19.2. The lowest BCUT2D eigenvalue weighted by atomic mass is 9.97. The second-order valence-electron chi connectivity index (χ2n) is 10.6. The van der Waals surface area contributed by atoms with Gasteiger partial charge in [0.05, 0.1) is 26.2 Å². The van der Waals surface area contributed by atoms with Gasteiger partial charge >= 0.3 is 5.97 Å². The second-order valence-corrected chi connectivity index (χ2v) is 15.4. The Bertz CT molecular complexity index is 1060. The standard InChI is InChI=1S/C26H38O7Si/c1-16(27)31-24-18(12-11-17-19(28-7)13-14-20(29-8)22(17)24)23(21-15-30-26(5,6)32-21)33-34(9,10)25(2,3)4/h11-14,21,23H,15H2,1-10H3/t21-,23-/m1/s1. The number of rotatable bonds is 7. The molecule has 0 aromatic heterocycles. The van der Waals surface area contributed by atoms with Gasteiger partial charge in [0.2, 0.25) is 0 Å². The van der Waals surface area contributed by atoms with Crippen LogP contribution in [0.1, 0.15) is 53.2 Å². The molecule has 0 amide bonds. The molecule has 1 aliphatic heterocycles. The zero-order chi connectivity index (χ0) is 25.5. The van der Waals surface area contributed by atoms with Crippen molar-refractivity contribution in [2.24, 2.45) is 0 Å². The third-order valence-corrected chi connectivity index (χ3v) is 11.1. The summed E-state index contributed by atoms with van der Waals surface area (Å²) in [4.78, 5) is 12.3. The van der Waals surface area contributed by atoms with Gasteiger partial charge in [-0.1, -0.05) is 26.8 Å². The largest absolute Gasteiger partial charge is 0.496 e. The maximum atomic E-state index is 12.3. The fourth-order valence-electron chi connectivity index (χ4n) is 3.90. The maximum Gasteiger partial charge on any atom is 0.308 e. The fraction of sp³-hybridized carbons (Fsp3) is 0.577. The van der Waals surface area contributed by atoms with Crippen molar-refractivity contribution in [2.45, 2.75) is 77.7 Å². The Kier molecular flexibility index (Phi) is 7.39. The SMILES string of the molecule is COc1ccc(OC)c2c(OC(C)=O)c([C@@H](O[Si](C)(C)C(C)(C)C)[C@H]3COC(C)(C)O3)ccc12. The van der Waals surface area contributed by atoms with Crippen LogP contribution in [0, 0.1) is 0 Å². The van der Waals surface area contributed by atoms with Crippen LogP contribution in [-0.2, 0) is 18.7 Å². The van der Waals surface area contributed by atoms with Gasteiger partial charge in [-0.15, -0.1) is 0 Å². The van der Waals surface area contributed by atoms with Gasteiger partial charge < -0.3 is 28.1 Å². The van der Waals surface area contributed by atoms with Crippen molar-refractivity contribution in [3.05, 3.63) is 29.8 Å². The van der Waals surface area contributed by atoms with E-state index in [2.05, 4.69) is 33.9 Å². The first kappa shape index (κ1) is 26.5. The summed E-state index contributed by atoms with van der Waals surface area (Å²) < 4.78 is 36.2. The van der Waals surface area contributed by atoms with E-state index in [-0.39, 0.29) is 11.1 Å². The highest BCUT2D eigenvalue weighted by molar-refractivity contribution is 6.74. The minimum Gasteiger partial charge on any atom is -0.496 e. The minimum atomic E-state index is -2.27. The van der Waals surface area contributed by atoms with Gasteiger partial charge in [-0.25, -0.2) is 0 Å². The molecule has 2 aromatic carbocycles. The number of esters is 1. The third kappa shape index (κ3) is 5.25. The topological polar surface area (TPSA) is 72.5 Å². The Hall–Kier alpha value is -2.13. The van der Waals surface area contributed by atoms with Crippen LogP contribution in [0.15, 0.2) is 24.3 Å². The molecule has 0 radical (unpaired) electrons. The van der Waals surface area contributed by atoms with Crippen LogP contribution in [-0.4, -0.2) is 47.0 Å². The van der Waals surface area contributed by atoms with Gasteiger partial charge in [-0.05, 0) is 50.2 Å². The van der Waals surface area contributed by atoms with Crippen LogP contribution in [0.4, 0.5) is 0 Å². The van der Waals surface area contributed by atoms with Gasteiger partial charge in [-0.3, -0.25) is 4.79 Å². The molecule has 2 atom stereocenters. The number of hydrogen-bond acceptors (Lipinski definition) is 7. The van der Waals surface area contributed by atoms with Crippen molar-refractivity contribution >= 4 is 25.1 Å². The highest BCUT2D eigenvalue weighted by atomic mass is 28.4. The van der Waals surface area contributed by atoms with Crippen LogP contribution in [0.2, 0.25) is 18.1 Å². The number of carbonyl (C=O) groups is 1. The van der Waals surface area contributed by atoms with E-state index in [9.17, 15) is 4.79 Å². The molecule has 0 saturated carbocycles. The fourth-order valence-corrected chi connectivity index (χ4v) is 5.16. The monoisotopic (exact) mass is 490 g/mol. The second kappa shape index (κ2) is 9.49. The quantitative estimate of drug-likeness (QED) is 0.268. The summed E-state index contributed by atoms with van der Waals surface area (Å²) in [5.74, 6) is 0.438.